The lowest BCUT2D eigenvalue weighted by Crippen LogP contribution is -2.23. The Morgan fingerprint density at radius 1 is 0.950 bits per heavy atom. The van der Waals surface area contributed by atoms with E-state index in [0.717, 1.165) is 12.5 Å². The average molecular weight is 292 g/mol. The van der Waals surface area contributed by atoms with Crippen LogP contribution in [0, 0.1) is 0 Å². The molecule has 20 heavy (non-hydrogen) atoms. The molecule has 0 spiro atoms. The normalized spacial score (nSPS) is 23.1. The standard InChI is InChI=1S/C18H26ClN/c19-18(14-20-12-4-5-13-20)17-10-8-16(9-11-17)15-6-2-1-3-7-15/h8-11,15,18H,1-7,12-14H2. The number of hydrogen-bond donors (Lipinski definition) is 0. The fourth-order valence-corrected chi connectivity index (χ4v) is 4.05. The first-order chi connectivity index (χ1) is 9.83. The number of rotatable bonds is 4. The van der Waals surface area contributed by atoms with E-state index >= 15 is 0 Å². The van der Waals surface area contributed by atoms with Crippen molar-refractivity contribution in [2.24, 2.45) is 0 Å². The number of halogens is 1. The minimum atomic E-state index is 0.147. The highest BCUT2D eigenvalue weighted by Gasteiger charge is 2.18. The van der Waals surface area contributed by atoms with E-state index in [1.807, 2.05) is 0 Å². The van der Waals surface area contributed by atoms with E-state index in [-0.39, 0.29) is 5.38 Å². The molecule has 0 bridgehead atoms. The monoisotopic (exact) mass is 291 g/mol. The maximum atomic E-state index is 6.58. The molecule has 0 aromatic heterocycles. The molecular weight excluding hydrogens is 266 g/mol. The van der Waals surface area contributed by atoms with Gasteiger partial charge in [-0.2, -0.15) is 0 Å². The van der Waals surface area contributed by atoms with Gasteiger partial charge in [-0.1, -0.05) is 43.5 Å². The van der Waals surface area contributed by atoms with Crippen LogP contribution in [-0.4, -0.2) is 24.5 Å². The Bertz CT molecular complexity index is 402. The molecule has 110 valence electrons. The second-order valence-corrected chi connectivity index (χ2v) is 7.00. The van der Waals surface area contributed by atoms with Gasteiger partial charge in [0, 0.05) is 6.54 Å². The van der Waals surface area contributed by atoms with Crippen LogP contribution in [0.25, 0.3) is 0 Å². The molecule has 1 aromatic rings. The van der Waals surface area contributed by atoms with Gasteiger partial charge in [0.25, 0.3) is 0 Å². The van der Waals surface area contributed by atoms with Crippen molar-refractivity contribution in [3.8, 4) is 0 Å². The van der Waals surface area contributed by atoms with Crippen molar-refractivity contribution < 1.29 is 0 Å². The highest BCUT2D eigenvalue weighted by Crippen LogP contribution is 2.33. The van der Waals surface area contributed by atoms with E-state index in [1.54, 1.807) is 0 Å². The van der Waals surface area contributed by atoms with Gasteiger partial charge in [-0.15, -0.1) is 11.6 Å². The Balaban J connectivity index is 1.59. The molecule has 0 radical (unpaired) electrons. The van der Waals surface area contributed by atoms with Crippen LogP contribution >= 0.6 is 11.6 Å². The summed E-state index contributed by atoms with van der Waals surface area (Å²) < 4.78 is 0. The zero-order valence-electron chi connectivity index (χ0n) is 12.4. The van der Waals surface area contributed by atoms with Crippen LogP contribution in [0.2, 0.25) is 0 Å². The van der Waals surface area contributed by atoms with Gasteiger partial charge in [0.1, 0.15) is 0 Å². The fraction of sp³-hybridized carbons (Fsp3) is 0.667. The Morgan fingerprint density at radius 2 is 1.60 bits per heavy atom. The van der Waals surface area contributed by atoms with Crippen LogP contribution in [-0.2, 0) is 0 Å². The van der Waals surface area contributed by atoms with E-state index in [9.17, 15) is 0 Å². The summed E-state index contributed by atoms with van der Waals surface area (Å²) in [5.41, 5.74) is 2.82. The summed E-state index contributed by atoms with van der Waals surface area (Å²) in [4.78, 5) is 2.49. The Labute approximate surface area is 128 Å². The summed E-state index contributed by atoms with van der Waals surface area (Å²) in [7, 11) is 0. The molecule has 1 nitrogen and oxygen atoms in total. The van der Waals surface area contributed by atoms with Crippen molar-refractivity contribution in [3.05, 3.63) is 35.4 Å². The molecule has 2 aliphatic rings. The first-order valence-corrected chi connectivity index (χ1v) is 8.73. The third-order valence-electron chi connectivity index (χ3n) is 4.99. The lowest BCUT2D eigenvalue weighted by atomic mass is 9.84. The largest absolute Gasteiger partial charge is 0.302 e. The second-order valence-electron chi connectivity index (χ2n) is 6.48. The first kappa shape index (κ1) is 14.4. The van der Waals surface area contributed by atoms with Crippen LogP contribution in [0.15, 0.2) is 24.3 Å². The van der Waals surface area contributed by atoms with Gasteiger partial charge in [0.2, 0.25) is 0 Å². The zero-order valence-corrected chi connectivity index (χ0v) is 13.1. The Kier molecular flexibility index (Phi) is 5.01. The fourth-order valence-electron chi connectivity index (χ4n) is 3.71. The molecule has 2 heteroatoms. The zero-order chi connectivity index (χ0) is 13.8. The maximum Gasteiger partial charge on any atom is 0.0712 e. The van der Waals surface area contributed by atoms with Crippen LogP contribution in [0.1, 0.15) is 67.4 Å². The molecular formula is C18H26ClN. The van der Waals surface area contributed by atoms with Gasteiger partial charge < -0.3 is 4.90 Å². The molecule has 1 heterocycles. The quantitative estimate of drug-likeness (QED) is 0.697. The molecule has 1 unspecified atom stereocenters. The van der Waals surface area contributed by atoms with Crippen molar-refractivity contribution in [3.63, 3.8) is 0 Å². The minimum Gasteiger partial charge on any atom is -0.302 e. The second kappa shape index (κ2) is 6.95. The maximum absolute atomic E-state index is 6.58. The lowest BCUT2D eigenvalue weighted by molar-refractivity contribution is 0.339. The highest BCUT2D eigenvalue weighted by molar-refractivity contribution is 6.21. The Morgan fingerprint density at radius 3 is 2.25 bits per heavy atom. The summed E-state index contributed by atoms with van der Waals surface area (Å²) in [5.74, 6) is 0.796. The predicted molar refractivity (Wildman–Crippen MR) is 86.5 cm³/mol. The van der Waals surface area contributed by atoms with Crippen molar-refractivity contribution in [1.82, 2.24) is 4.90 Å². The van der Waals surface area contributed by atoms with E-state index in [0.29, 0.717) is 0 Å². The molecule has 1 aromatic carbocycles. The summed E-state index contributed by atoms with van der Waals surface area (Å²) in [6, 6.07) is 9.17. The molecule has 1 saturated heterocycles. The SMILES string of the molecule is ClC(CN1CCCC1)c1ccc(C2CCCCC2)cc1. The van der Waals surface area contributed by atoms with Crippen molar-refractivity contribution in [1.29, 1.82) is 0 Å². The molecule has 1 atom stereocenters. The molecule has 1 aliphatic heterocycles. The van der Waals surface area contributed by atoms with Gasteiger partial charge in [-0.05, 0) is 55.8 Å². The topological polar surface area (TPSA) is 3.24 Å². The van der Waals surface area contributed by atoms with Crippen LogP contribution in [0.5, 0.6) is 0 Å². The van der Waals surface area contributed by atoms with Gasteiger partial charge >= 0.3 is 0 Å². The van der Waals surface area contributed by atoms with Crippen LogP contribution < -0.4 is 0 Å². The van der Waals surface area contributed by atoms with Gasteiger partial charge in [-0.25, -0.2) is 0 Å². The van der Waals surface area contributed by atoms with E-state index < -0.39 is 0 Å². The van der Waals surface area contributed by atoms with E-state index in [1.165, 1.54) is 69.2 Å². The smallest absolute Gasteiger partial charge is 0.0712 e. The Hall–Kier alpha value is -0.530. The number of nitrogens with zero attached hydrogens (tertiary/aromatic N) is 1. The number of hydrogen-bond acceptors (Lipinski definition) is 1. The van der Waals surface area contributed by atoms with Gasteiger partial charge in [-0.3, -0.25) is 0 Å². The predicted octanol–water partition coefficient (Wildman–Crippen LogP) is 5.11. The third-order valence-corrected chi connectivity index (χ3v) is 5.38. The lowest BCUT2D eigenvalue weighted by Gasteiger charge is -2.23. The summed E-state index contributed by atoms with van der Waals surface area (Å²) in [6.45, 7) is 3.46. The molecule has 1 aliphatic carbocycles. The first-order valence-electron chi connectivity index (χ1n) is 8.29. The molecule has 0 N–H and O–H groups in total. The van der Waals surface area contributed by atoms with Crippen molar-refractivity contribution >= 4 is 11.6 Å². The van der Waals surface area contributed by atoms with E-state index in [2.05, 4.69) is 29.2 Å². The highest BCUT2D eigenvalue weighted by atomic mass is 35.5. The summed E-state index contributed by atoms with van der Waals surface area (Å²) >= 11 is 6.58. The third kappa shape index (κ3) is 3.56. The summed E-state index contributed by atoms with van der Waals surface area (Å²) in [5, 5.41) is 0.147. The van der Waals surface area contributed by atoms with Crippen LogP contribution in [0.3, 0.4) is 0 Å². The average Bonchev–Trinajstić information content (AvgIpc) is 3.01. The van der Waals surface area contributed by atoms with Crippen molar-refractivity contribution in [2.45, 2.75) is 56.2 Å². The minimum absolute atomic E-state index is 0.147. The van der Waals surface area contributed by atoms with E-state index in [4.69, 9.17) is 11.6 Å². The van der Waals surface area contributed by atoms with Gasteiger partial charge in [0.05, 0.1) is 5.38 Å². The van der Waals surface area contributed by atoms with Gasteiger partial charge in [0.15, 0.2) is 0 Å². The molecule has 1 saturated carbocycles. The number of likely N-dealkylation sites (tertiary alicyclic amines) is 1. The number of benzene rings is 1. The number of alkyl halides is 1. The molecule has 2 fully saturated rings. The van der Waals surface area contributed by atoms with Crippen molar-refractivity contribution in [2.75, 3.05) is 19.6 Å². The molecule has 0 amide bonds. The molecule has 3 rings (SSSR count). The summed E-state index contributed by atoms with van der Waals surface area (Å²) in [6.07, 6.45) is 9.65. The van der Waals surface area contributed by atoms with Crippen LogP contribution in [0.4, 0.5) is 0 Å².